The number of aromatic nitrogens is 2. The van der Waals surface area contributed by atoms with E-state index in [0.717, 1.165) is 31.1 Å². The molecule has 14 heavy (non-hydrogen) atoms. The Balaban J connectivity index is 1.79. The topological polar surface area (TPSA) is 50.3 Å². The van der Waals surface area contributed by atoms with Crippen molar-refractivity contribution >= 4 is 16.5 Å². The fourth-order valence-corrected chi connectivity index (χ4v) is 2.12. The Kier molecular flexibility index (Phi) is 3.28. The van der Waals surface area contributed by atoms with E-state index in [-0.39, 0.29) is 0 Å². The lowest BCUT2D eigenvalue weighted by Gasteiger charge is -2.30. The van der Waals surface area contributed by atoms with Gasteiger partial charge in [-0.05, 0) is 12.8 Å². The maximum absolute atomic E-state index is 5.15. The molecule has 1 N–H and O–H groups in total. The van der Waals surface area contributed by atoms with Crippen molar-refractivity contribution in [3.05, 3.63) is 5.51 Å². The fourth-order valence-electron chi connectivity index (χ4n) is 1.59. The van der Waals surface area contributed by atoms with Crippen LogP contribution in [0.15, 0.2) is 5.51 Å². The van der Waals surface area contributed by atoms with E-state index in [1.165, 1.54) is 0 Å². The first-order valence-corrected chi connectivity index (χ1v) is 5.58. The highest BCUT2D eigenvalue weighted by Gasteiger charge is 2.19. The van der Waals surface area contributed by atoms with Gasteiger partial charge in [-0.15, -0.1) is 10.2 Å². The van der Waals surface area contributed by atoms with E-state index < -0.39 is 0 Å². The van der Waals surface area contributed by atoms with Gasteiger partial charge in [0.05, 0.1) is 7.11 Å². The molecular formula is C8H14N4OS. The summed E-state index contributed by atoms with van der Waals surface area (Å²) < 4.78 is 0. The van der Waals surface area contributed by atoms with Crippen molar-refractivity contribution in [2.45, 2.75) is 18.9 Å². The second-order valence-electron chi connectivity index (χ2n) is 3.27. The average Bonchev–Trinajstić information content (AvgIpc) is 2.72. The van der Waals surface area contributed by atoms with Gasteiger partial charge in [-0.2, -0.15) is 5.06 Å². The maximum Gasteiger partial charge on any atom is 0.205 e. The van der Waals surface area contributed by atoms with E-state index in [1.807, 2.05) is 5.06 Å². The highest BCUT2D eigenvalue weighted by Crippen LogP contribution is 2.16. The molecule has 0 saturated carbocycles. The van der Waals surface area contributed by atoms with Crippen molar-refractivity contribution in [2.75, 3.05) is 25.5 Å². The highest BCUT2D eigenvalue weighted by atomic mass is 32.1. The first-order chi connectivity index (χ1) is 6.88. The standard InChI is InChI=1S/C8H14N4OS/c1-13-12-4-2-7(3-5-12)10-8-11-9-6-14-8/h6-7H,2-5H2,1H3,(H,10,11). The van der Waals surface area contributed by atoms with Crippen LogP contribution < -0.4 is 5.32 Å². The Morgan fingerprint density at radius 2 is 2.36 bits per heavy atom. The van der Waals surface area contributed by atoms with Crippen LogP contribution in [0, 0.1) is 0 Å². The monoisotopic (exact) mass is 214 g/mol. The molecule has 1 aliphatic rings. The predicted octanol–water partition coefficient (Wildman–Crippen LogP) is 0.976. The Hall–Kier alpha value is -0.720. The van der Waals surface area contributed by atoms with Crippen LogP contribution in [-0.2, 0) is 4.84 Å². The lowest BCUT2D eigenvalue weighted by molar-refractivity contribution is -0.142. The molecule has 0 spiro atoms. The molecule has 2 heterocycles. The third-order valence-corrected chi connectivity index (χ3v) is 3.02. The van der Waals surface area contributed by atoms with Gasteiger partial charge in [0.25, 0.3) is 0 Å². The van der Waals surface area contributed by atoms with Crippen molar-refractivity contribution < 1.29 is 4.84 Å². The van der Waals surface area contributed by atoms with Gasteiger partial charge < -0.3 is 10.2 Å². The van der Waals surface area contributed by atoms with E-state index >= 15 is 0 Å². The molecule has 1 saturated heterocycles. The van der Waals surface area contributed by atoms with Crippen LogP contribution >= 0.6 is 11.3 Å². The number of rotatable bonds is 3. The van der Waals surface area contributed by atoms with Gasteiger partial charge in [0.15, 0.2) is 0 Å². The SMILES string of the molecule is CON1CCC(Nc2nncs2)CC1. The minimum Gasteiger partial charge on any atom is -0.357 e. The van der Waals surface area contributed by atoms with Crippen LogP contribution in [0.1, 0.15) is 12.8 Å². The predicted molar refractivity (Wildman–Crippen MR) is 55.1 cm³/mol. The number of nitrogens with one attached hydrogen (secondary N) is 1. The molecule has 5 nitrogen and oxygen atoms in total. The summed E-state index contributed by atoms with van der Waals surface area (Å²) in [6.45, 7) is 1.96. The van der Waals surface area contributed by atoms with E-state index in [9.17, 15) is 0 Å². The van der Waals surface area contributed by atoms with Gasteiger partial charge in [-0.3, -0.25) is 0 Å². The van der Waals surface area contributed by atoms with Gasteiger partial charge >= 0.3 is 0 Å². The molecule has 1 aliphatic heterocycles. The first kappa shape index (κ1) is 9.82. The number of hydrogen-bond donors (Lipinski definition) is 1. The van der Waals surface area contributed by atoms with Gasteiger partial charge in [0.2, 0.25) is 5.13 Å². The van der Waals surface area contributed by atoms with E-state index in [0.29, 0.717) is 6.04 Å². The Bertz CT molecular complexity index is 258. The molecule has 6 heteroatoms. The quantitative estimate of drug-likeness (QED) is 0.812. The summed E-state index contributed by atoms with van der Waals surface area (Å²) in [5.41, 5.74) is 1.74. The lowest BCUT2D eigenvalue weighted by atomic mass is 10.1. The number of anilines is 1. The smallest absolute Gasteiger partial charge is 0.205 e. The van der Waals surface area contributed by atoms with Crippen LogP contribution in [0.5, 0.6) is 0 Å². The molecule has 0 amide bonds. The van der Waals surface area contributed by atoms with Crippen molar-refractivity contribution in [3.8, 4) is 0 Å². The first-order valence-electron chi connectivity index (χ1n) is 4.70. The normalized spacial score (nSPS) is 19.8. The summed E-state index contributed by atoms with van der Waals surface area (Å²) in [5.74, 6) is 0. The number of hydrogen-bond acceptors (Lipinski definition) is 6. The van der Waals surface area contributed by atoms with Crippen molar-refractivity contribution in [3.63, 3.8) is 0 Å². The summed E-state index contributed by atoms with van der Waals surface area (Å²) in [4.78, 5) is 5.15. The zero-order valence-electron chi connectivity index (χ0n) is 8.14. The maximum atomic E-state index is 5.15. The van der Waals surface area contributed by atoms with Crippen molar-refractivity contribution in [1.82, 2.24) is 15.3 Å². The molecular weight excluding hydrogens is 200 g/mol. The molecule has 78 valence electrons. The fraction of sp³-hybridized carbons (Fsp3) is 0.750. The second kappa shape index (κ2) is 4.68. The molecule has 0 aliphatic carbocycles. The Morgan fingerprint density at radius 3 is 2.93 bits per heavy atom. The van der Waals surface area contributed by atoms with Crippen LogP contribution in [0.4, 0.5) is 5.13 Å². The molecule has 0 atom stereocenters. The molecule has 0 bridgehead atoms. The molecule has 0 radical (unpaired) electrons. The number of nitrogens with zero attached hydrogens (tertiary/aromatic N) is 3. The van der Waals surface area contributed by atoms with E-state index in [1.54, 1.807) is 24.0 Å². The molecule has 2 rings (SSSR count). The third kappa shape index (κ3) is 2.40. The number of piperidine rings is 1. The Labute approximate surface area is 87.0 Å². The number of hydroxylamine groups is 2. The minimum absolute atomic E-state index is 0.509. The van der Waals surface area contributed by atoms with Crippen molar-refractivity contribution in [2.24, 2.45) is 0 Å². The summed E-state index contributed by atoms with van der Waals surface area (Å²) in [6, 6.07) is 0.509. The largest absolute Gasteiger partial charge is 0.357 e. The average molecular weight is 214 g/mol. The summed E-state index contributed by atoms with van der Waals surface area (Å²) in [5, 5.41) is 14.0. The van der Waals surface area contributed by atoms with Gasteiger partial charge in [-0.25, -0.2) is 0 Å². The zero-order valence-corrected chi connectivity index (χ0v) is 8.96. The highest BCUT2D eigenvalue weighted by molar-refractivity contribution is 7.13. The Morgan fingerprint density at radius 1 is 1.57 bits per heavy atom. The van der Waals surface area contributed by atoms with Gasteiger partial charge in [0.1, 0.15) is 5.51 Å². The summed E-state index contributed by atoms with van der Waals surface area (Å²) >= 11 is 1.54. The second-order valence-corrected chi connectivity index (χ2v) is 4.11. The van der Waals surface area contributed by atoms with Gasteiger partial charge in [-0.1, -0.05) is 11.3 Å². The zero-order chi connectivity index (χ0) is 9.80. The van der Waals surface area contributed by atoms with Gasteiger partial charge in [0, 0.05) is 19.1 Å². The molecule has 1 fully saturated rings. The van der Waals surface area contributed by atoms with Crippen molar-refractivity contribution in [1.29, 1.82) is 0 Å². The molecule has 0 unspecified atom stereocenters. The summed E-state index contributed by atoms with van der Waals surface area (Å²) in [7, 11) is 1.72. The van der Waals surface area contributed by atoms with Crippen LogP contribution in [0.2, 0.25) is 0 Å². The third-order valence-electron chi connectivity index (χ3n) is 2.40. The molecule has 1 aromatic rings. The minimum atomic E-state index is 0.509. The van der Waals surface area contributed by atoms with Crippen LogP contribution in [-0.4, -0.2) is 41.5 Å². The van der Waals surface area contributed by atoms with E-state index in [4.69, 9.17) is 4.84 Å². The van der Waals surface area contributed by atoms with Crippen LogP contribution in [0.25, 0.3) is 0 Å². The van der Waals surface area contributed by atoms with E-state index in [2.05, 4.69) is 15.5 Å². The molecule has 0 aromatic carbocycles. The lowest BCUT2D eigenvalue weighted by Crippen LogP contribution is -2.38. The van der Waals surface area contributed by atoms with Crippen LogP contribution in [0.3, 0.4) is 0 Å². The molecule has 1 aromatic heterocycles. The summed E-state index contributed by atoms with van der Waals surface area (Å²) in [6.07, 6.45) is 2.18.